The van der Waals surface area contributed by atoms with Crippen molar-refractivity contribution >= 4 is 17.9 Å². The fourth-order valence-electron chi connectivity index (χ4n) is 1.64. The van der Waals surface area contributed by atoms with Gasteiger partial charge in [0.05, 0.1) is 12.5 Å². The van der Waals surface area contributed by atoms with Gasteiger partial charge in [-0.1, -0.05) is 6.92 Å². The summed E-state index contributed by atoms with van der Waals surface area (Å²) in [6, 6.07) is 0. The molecule has 0 amide bonds. The van der Waals surface area contributed by atoms with Crippen LogP contribution in [0, 0.1) is 11.8 Å². The van der Waals surface area contributed by atoms with E-state index < -0.39 is 40.9 Å². The standard InChI is InChI=1S/C16H28O6/c1-9-20-12(17)10(2)11(13(18)21-15(3,4)5)14(19)22-16(6,7)8/h10-11H,9H2,1-8H3. The number of hydrogen-bond donors (Lipinski definition) is 0. The van der Waals surface area contributed by atoms with Crippen LogP contribution < -0.4 is 0 Å². The average Bonchev–Trinajstić information content (AvgIpc) is 2.23. The lowest BCUT2D eigenvalue weighted by Crippen LogP contribution is -2.42. The van der Waals surface area contributed by atoms with Crippen molar-refractivity contribution in [1.29, 1.82) is 0 Å². The molecule has 0 rings (SSSR count). The van der Waals surface area contributed by atoms with Crippen LogP contribution >= 0.6 is 0 Å². The van der Waals surface area contributed by atoms with Crippen molar-refractivity contribution in [2.45, 2.75) is 66.6 Å². The van der Waals surface area contributed by atoms with Crippen LogP contribution in [0.2, 0.25) is 0 Å². The molecule has 0 fully saturated rings. The van der Waals surface area contributed by atoms with Crippen LogP contribution in [0.3, 0.4) is 0 Å². The molecule has 0 aliphatic rings. The third kappa shape index (κ3) is 7.43. The largest absolute Gasteiger partial charge is 0.466 e. The molecule has 0 radical (unpaired) electrons. The molecule has 0 bridgehead atoms. The number of esters is 3. The summed E-state index contributed by atoms with van der Waals surface area (Å²) >= 11 is 0. The summed E-state index contributed by atoms with van der Waals surface area (Å²) in [5.74, 6) is -4.55. The molecule has 1 unspecified atom stereocenters. The van der Waals surface area contributed by atoms with Crippen molar-refractivity contribution in [2.75, 3.05) is 6.61 Å². The van der Waals surface area contributed by atoms with Crippen molar-refractivity contribution in [3.05, 3.63) is 0 Å². The zero-order chi connectivity index (χ0) is 17.7. The van der Waals surface area contributed by atoms with Crippen LogP contribution in [-0.4, -0.2) is 35.7 Å². The highest BCUT2D eigenvalue weighted by molar-refractivity contribution is 5.99. The predicted molar refractivity (Wildman–Crippen MR) is 81.0 cm³/mol. The van der Waals surface area contributed by atoms with Crippen LogP contribution in [0.15, 0.2) is 0 Å². The van der Waals surface area contributed by atoms with E-state index in [1.165, 1.54) is 6.92 Å². The molecular weight excluding hydrogens is 288 g/mol. The van der Waals surface area contributed by atoms with E-state index in [0.29, 0.717) is 0 Å². The molecule has 0 aliphatic carbocycles. The number of ether oxygens (including phenoxy) is 3. The zero-order valence-corrected chi connectivity index (χ0v) is 14.8. The van der Waals surface area contributed by atoms with Gasteiger partial charge in [-0.2, -0.15) is 0 Å². The maximum absolute atomic E-state index is 12.3. The Morgan fingerprint density at radius 3 is 1.45 bits per heavy atom. The fourth-order valence-corrected chi connectivity index (χ4v) is 1.64. The van der Waals surface area contributed by atoms with Crippen LogP contribution in [0.4, 0.5) is 0 Å². The second-order valence-corrected chi connectivity index (χ2v) is 7.09. The van der Waals surface area contributed by atoms with Crippen molar-refractivity contribution in [3.63, 3.8) is 0 Å². The molecule has 6 heteroatoms. The van der Waals surface area contributed by atoms with Crippen molar-refractivity contribution in [3.8, 4) is 0 Å². The van der Waals surface area contributed by atoms with Gasteiger partial charge in [0, 0.05) is 0 Å². The molecule has 1 atom stereocenters. The van der Waals surface area contributed by atoms with Crippen LogP contribution in [0.25, 0.3) is 0 Å². The molecular formula is C16H28O6. The first-order chi connectivity index (χ1) is 9.78. The lowest BCUT2D eigenvalue weighted by Gasteiger charge is -2.28. The Morgan fingerprint density at radius 2 is 1.18 bits per heavy atom. The number of hydrogen-bond acceptors (Lipinski definition) is 6. The highest BCUT2D eigenvalue weighted by atomic mass is 16.6. The van der Waals surface area contributed by atoms with E-state index in [1.807, 2.05) is 0 Å². The highest BCUT2D eigenvalue weighted by Gasteiger charge is 2.42. The van der Waals surface area contributed by atoms with Gasteiger partial charge in [0.15, 0.2) is 5.92 Å². The van der Waals surface area contributed by atoms with Crippen LogP contribution in [0.5, 0.6) is 0 Å². The second-order valence-electron chi connectivity index (χ2n) is 7.09. The minimum atomic E-state index is -1.35. The molecule has 0 N–H and O–H groups in total. The molecule has 22 heavy (non-hydrogen) atoms. The van der Waals surface area contributed by atoms with Crippen molar-refractivity contribution in [2.24, 2.45) is 11.8 Å². The number of rotatable bonds is 5. The topological polar surface area (TPSA) is 78.9 Å². The summed E-state index contributed by atoms with van der Waals surface area (Å²) in [6.45, 7) is 13.4. The third-order valence-corrected chi connectivity index (χ3v) is 2.48. The van der Waals surface area contributed by atoms with Crippen LogP contribution in [-0.2, 0) is 28.6 Å². The summed E-state index contributed by atoms with van der Waals surface area (Å²) in [4.78, 5) is 36.5. The minimum absolute atomic E-state index is 0.165. The predicted octanol–water partition coefficient (Wildman–Crippen LogP) is 2.49. The van der Waals surface area contributed by atoms with E-state index in [-0.39, 0.29) is 6.61 Å². The Kier molecular flexibility index (Phi) is 7.06. The van der Waals surface area contributed by atoms with Crippen LogP contribution in [0.1, 0.15) is 55.4 Å². The first-order valence-corrected chi connectivity index (χ1v) is 7.41. The monoisotopic (exact) mass is 316 g/mol. The Hall–Kier alpha value is -1.59. The molecule has 128 valence electrons. The smallest absolute Gasteiger partial charge is 0.321 e. The average molecular weight is 316 g/mol. The Morgan fingerprint density at radius 1 is 0.818 bits per heavy atom. The number of carbonyl (C=O) groups excluding carboxylic acids is 3. The summed E-state index contributed by atoms with van der Waals surface area (Å²) in [5.41, 5.74) is -1.54. The fraction of sp³-hybridized carbons (Fsp3) is 0.812. The number of carbonyl (C=O) groups is 3. The zero-order valence-electron chi connectivity index (χ0n) is 14.8. The lowest BCUT2D eigenvalue weighted by molar-refractivity contribution is -0.181. The van der Waals surface area contributed by atoms with Gasteiger partial charge in [-0.05, 0) is 48.5 Å². The second kappa shape index (κ2) is 7.61. The molecule has 0 aromatic rings. The normalized spacial score (nSPS) is 13.5. The first-order valence-electron chi connectivity index (χ1n) is 7.41. The molecule has 6 nitrogen and oxygen atoms in total. The van der Waals surface area contributed by atoms with E-state index in [0.717, 1.165) is 0 Å². The molecule has 0 saturated heterocycles. The molecule has 0 heterocycles. The molecule has 0 aromatic carbocycles. The highest BCUT2D eigenvalue weighted by Crippen LogP contribution is 2.23. The van der Waals surface area contributed by atoms with Gasteiger partial charge >= 0.3 is 17.9 Å². The van der Waals surface area contributed by atoms with Gasteiger partial charge in [-0.25, -0.2) is 0 Å². The van der Waals surface area contributed by atoms with Gasteiger partial charge in [-0.3, -0.25) is 14.4 Å². The van der Waals surface area contributed by atoms with Gasteiger partial charge < -0.3 is 14.2 Å². The maximum atomic E-state index is 12.3. The molecule has 0 aromatic heterocycles. The van der Waals surface area contributed by atoms with Gasteiger partial charge in [0.25, 0.3) is 0 Å². The quantitative estimate of drug-likeness (QED) is 0.440. The van der Waals surface area contributed by atoms with Crippen molar-refractivity contribution in [1.82, 2.24) is 0 Å². The summed E-state index contributed by atoms with van der Waals surface area (Å²) < 4.78 is 15.4. The van der Waals surface area contributed by atoms with Crippen molar-refractivity contribution < 1.29 is 28.6 Å². The van der Waals surface area contributed by atoms with E-state index in [2.05, 4.69) is 0 Å². The molecule has 0 saturated carbocycles. The van der Waals surface area contributed by atoms with Gasteiger partial charge in [0.1, 0.15) is 11.2 Å². The van der Waals surface area contributed by atoms with E-state index >= 15 is 0 Å². The minimum Gasteiger partial charge on any atom is -0.466 e. The molecule has 0 aliphatic heterocycles. The Labute approximate surface area is 132 Å². The summed E-state index contributed by atoms with van der Waals surface area (Å²) in [5, 5.41) is 0. The Balaban J connectivity index is 5.35. The van der Waals surface area contributed by atoms with E-state index in [9.17, 15) is 14.4 Å². The summed E-state index contributed by atoms with van der Waals surface area (Å²) in [6.07, 6.45) is 0. The van der Waals surface area contributed by atoms with Gasteiger partial charge in [0.2, 0.25) is 0 Å². The Bertz CT molecular complexity index is 385. The van der Waals surface area contributed by atoms with Gasteiger partial charge in [-0.15, -0.1) is 0 Å². The summed E-state index contributed by atoms with van der Waals surface area (Å²) in [7, 11) is 0. The van der Waals surface area contributed by atoms with E-state index in [1.54, 1.807) is 48.5 Å². The lowest BCUT2D eigenvalue weighted by atomic mass is 9.93. The third-order valence-electron chi connectivity index (χ3n) is 2.48. The molecule has 0 spiro atoms. The first kappa shape index (κ1) is 20.4. The maximum Gasteiger partial charge on any atom is 0.321 e. The van der Waals surface area contributed by atoms with E-state index in [4.69, 9.17) is 14.2 Å². The SMILES string of the molecule is CCOC(=O)C(C)C(C(=O)OC(C)(C)C)C(=O)OC(C)(C)C.